The summed E-state index contributed by atoms with van der Waals surface area (Å²) in [5.74, 6) is -0.808. The Bertz CT molecular complexity index is 1380. The molecule has 184 valence electrons. The number of nitrogens with one attached hydrogen (secondary N) is 1. The van der Waals surface area contributed by atoms with Crippen LogP contribution < -0.4 is 5.32 Å². The van der Waals surface area contributed by atoms with Crippen molar-refractivity contribution in [1.82, 2.24) is 25.1 Å². The van der Waals surface area contributed by atoms with Crippen molar-refractivity contribution in [3.05, 3.63) is 77.3 Å². The molecule has 2 N–H and O–H groups in total. The topological polar surface area (TPSA) is 110 Å². The van der Waals surface area contributed by atoms with Gasteiger partial charge in [-0.15, -0.1) is 0 Å². The number of carboxylic acids is 1. The van der Waals surface area contributed by atoms with Gasteiger partial charge in [-0.2, -0.15) is 5.10 Å². The van der Waals surface area contributed by atoms with Gasteiger partial charge in [-0.3, -0.25) is 24.2 Å². The van der Waals surface area contributed by atoms with E-state index in [2.05, 4.69) is 20.4 Å². The monoisotopic (exact) mass is 503 g/mol. The number of carbonyl (C=O) groups is 2. The number of fused-ring (bicyclic) bond motifs is 1. The summed E-state index contributed by atoms with van der Waals surface area (Å²) in [4.78, 5) is 33.4. The Balaban J connectivity index is 1.34. The molecule has 1 fully saturated rings. The maximum Gasteiger partial charge on any atom is 0.303 e. The maximum absolute atomic E-state index is 13.3. The minimum absolute atomic E-state index is 0.00402. The molecule has 8 nitrogen and oxygen atoms in total. The van der Waals surface area contributed by atoms with Gasteiger partial charge in [-0.05, 0) is 43.7 Å². The van der Waals surface area contributed by atoms with Crippen LogP contribution in [-0.4, -0.2) is 42.8 Å². The number of benzene rings is 2. The molecule has 0 unspecified atom stereocenters. The van der Waals surface area contributed by atoms with Crippen LogP contribution in [-0.2, 0) is 11.3 Å². The van der Waals surface area contributed by atoms with E-state index < -0.39 is 5.97 Å². The van der Waals surface area contributed by atoms with Gasteiger partial charge >= 0.3 is 5.97 Å². The van der Waals surface area contributed by atoms with E-state index in [-0.39, 0.29) is 24.3 Å². The SMILES string of the molecule is O=C(O)CC1CCC(NC(=O)c2cc(Cl)cc3cnn(Cc4cnc(-c5ccccc5)cn4)c23)CC1. The Hall–Kier alpha value is -3.78. The van der Waals surface area contributed by atoms with Crippen LogP contribution in [0, 0.1) is 5.92 Å². The molecule has 9 heteroatoms. The maximum atomic E-state index is 13.3. The fourth-order valence-electron chi connectivity index (χ4n) is 4.86. The lowest BCUT2D eigenvalue weighted by Gasteiger charge is -2.28. The van der Waals surface area contributed by atoms with Crippen LogP contribution in [0.4, 0.5) is 0 Å². The molecule has 36 heavy (non-hydrogen) atoms. The van der Waals surface area contributed by atoms with Crippen LogP contribution in [0.1, 0.15) is 48.2 Å². The van der Waals surface area contributed by atoms with Crippen molar-refractivity contribution >= 4 is 34.4 Å². The third-order valence-corrected chi connectivity index (χ3v) is 6.89. The largest absolute Gasteiger partial charge is 0.481 e. The zero-order valence-corrected chi connectivity index (χ0v) is 20.4. The number of hydrogen-bond donors (Lipinski definition) is 2. The Morgan fingerprint density at radius 3 is 2.50 bits per heavy atom. The molecule has 0 saturated heterocycles. The molecule has 2 heterocycles. The Morgan fingerprint density at radius 1 is 1.03 bits per heavy atom. The molecule has 0 spiro atoms. The molecule has 1 amide bonds. The predicted molar refractivity (Wildman–Crippen MR) is 137 cm³/mol. The number of aliphatic carboxylic acids is 1. The van der Waals surface area contributed by atoms with Gasteiger partial charge in [0.2, 0.25) is 0 Å². The Morgan fingerprint density at radius 2 is 1.81 bits per heavy atom. The fraction of sp³-hybridized carbons (Fsp3) is 0.296. The van der Waals surface area contributed by atoms with Gasteiger partial charge in [0.05, 0.1) is 47.6 Å². The van der Waals surface area contributed by atoms with Crippen LogP contribution in [0.15, 0.2) is 61.1 Å². The zero-order valence-electron chi connectivity index (χ0n) is 19.6. The van der Waals surface area contributed by atoms with Gasteiger partial charge in [0.15, 0.2) is 0 Å². The third-order valence-electron chi connectivity index (χ3n) is 6.68. The quantitative estimate of drug-likeness (QED) is 0.369. The Labute approximate surface area is 213 Å². The lowest BCUT2D eigenvalue weighted by molar-refractivity contribution is -0.138. The highest BCUT2D eigenvalue weighted by Gasteiger charge is 2.25. The average molecular weight is 504 g/mol. The smallest absolute Gasteiger partial charge is 0.303 e. The van der Waals surface area contributed by atoms with Crippen molar-refractivity contribution in [3.8, 4) is 11.3 Å². The Kier molecular flexibility index (Phi) is 6.95. The van der Waals surface area contributed by atoms with E-state index in [0.29, 0.717) is 22.6 Å². The summed E-state index contributed by atoms with van der Waals surface area (Å²) in [6.45, 7) is 0.355. The van der Waals surface area contributed by atoms with E-state index in [1.807, 2.05) is 30.3 Å². The van der Waals surface area contributed by atoms with Crippen molar-refractivity contribution in [3.63, 3.8) is 0 Å². The zero-order chi connectivity index (χ0) is 25.1. The summed E-state index contributed by atoms with van der Waals surface area (Å²) in [5, 5.41) is 17.9. The van der Waals surface area contributed by atoms with Crippen LogP contribution in [0.5, 0.6) is 0 Å². The van der Waals surface area contributed by atoms with Gasteiger partial charge < -0.3 is 10.4 Å². The van der Waals surface area contributed by atoms with Crippen LogP contribution in [0.25, 0.3) is 22.2 Å². The lowest BCUT2D eigenvalue weighted by Crippen LogP contribution is -2.38. The number of hydrogen-bond acceptors (Lipinski definition) is 5. The summed E-state index contributed by atoms with van der Waals surface area (Å²) in [6.07, 6.45) is 8.44. The van der Waals surface area contributed by atoms with E-state index in [9.17, 15) is 9.59 Å². The first kappa shape index (κ1) is 23.9. The van der Waals surface area contributed by atoms with Crippen molar-refractivity contribution in [1.29, 1.82) is 0 Å². The van der Waals surface area contributed by atoms with Gasteiger partial charge in [0, 0.05) is 28.4 Å². The summed E-state index contributed by atoms with van der Waals surface area (Å²) in [6, 6.07) is 13.3. The molecule has 0 atom stereocenters. The molecule has 4 aromatic rings. The van der Waals surface area contributed by atoms with E-state index >= 15 is 0 Å². The van der Waals surface area contributed by atoms with Crippen molar-refractivity contribution in [2.45, 2.75) is 44.7 Å². The minimum Gasteiger partial charge on any atom is -0.481 e. The molecule has 2 aromatic carbocycles. The second-order valence-corrected chi connectivity index (χ2v) is 9.68. The number of carbonyl (C=O) groups excluding carboxylic acids is 1. The molecular formula is C27H26ClN5O3. The summed E-state index contributed by atoms with van der Waals surface area (Å²) < 4.78 is 1.75. The average Bonchev–Trinajstić information content (AvgIpc) is 3.27. The van der Waals surface area contributed by atoms with Gasteiger partial charge in [-0.25, -0.2) is 0 Å². The molecule has 2 aromatic heterocycles. The number of nitrogens with zero attached hydrogens (tertiary/aromatic N) is 4. The predicted octanol–water partition coefficient (Wildman–Crippen LogP) is 4.96. The first-order valence-electron chi connectivity index (χ1n) is 12.0. The molecular weight excluding hydrogens is 478 g/mol. The van der Waals surface area contributed by atoms with Crippen LogP contribution in [0.3, 0.4) is 0 Å². The first-order valence-corrected chi connectivity index (χ1v) is 12.4. The second kappa shape index (κ2) is 10.5. The van der Waals surface area contributed by atoms with Crippen molar-refractivity contribution in [2.24, 2.45) is 5.92 Å². The molecule has 0 aliphatic heterocycles. The summed E-state index contributed by atoms with van der Waals surface area (Å²) in [7, 11) is 0. The first-order chi connectivity index (χ1) is 17.5. The highest BCUT2D eigenvalue weighted by molar-refractivity contribution is 6.32. The number of aromatic nitrogens is 4. The summed E-state index contributed by atoms with van der Waals surface area (Å²) >= 11 is 6.33. The third kappa shape index (κ3) is 5.39. The lowest BCUT2D eigenvalue weighted by atomic mass is 9.84. The van der Waals surface area contributed by atoms with Crippen molar-refractivity contribution < 1.29 is 14.7 Å². The van der Waals surface area contributed by atoms with E-state index in [1.54, 1.807) is 35.4 Å². The number of amides is 1. The van der Waals surface area contributed by atoms with Crippen LogP contribution in [0.2, 0.25) is 5.02 Å². The molecule has 0 radical (unpaired) electrons. The number of halogens is 1. The van der Waals surface area contributed by atoms with Crippen LogP contribution >= 0.6 is 11.6 Å². The fourth-order valence-corrected chi connectivity index (χ4v) is 5.08. The number of carboxylic acid groups (broad SMARTS) is 1. The number of rotatable bonds is 7. The van der Waals surface area contributed by atoms with Crippen molar-refractivity contribution in [2.75, 3.05) is 0 Å². The van der Waals surface area contributed by atoms with E-state index in [4.69, 9.17) is 16.7 Å². The standard InChI is InChI=1S/C27H26ClN5O3/c28-20-11-19-13-31-33(16-22-14-30-24(15-29-22)18-4-2-1-3-5-18)26(19)23(12-20)27(36)32-21-8-6-17(7-9-21)10-25(34)35/h1-5,11-15,17,21H,6-10,16H2,(H,32,36)(H,34,35). The molecule has 5 rings (SSSR count). The molecule has 1 saturated carbocycles. The highest BCUT2D eigenvalue weighted by atomic mass is 35.5. The van der Waals surface area contributed by atoms with Gasteiger partial charge in [0.1, 0.15) is 0 Å². The minimum atomic E-state index is -0.767. The second-order valence-electron chi connectivity index (χ2n) is 9.24. The highest BCUT2D eigenvalue weighted by Crippen LogP contribution is 2.29. The van der Waals surface area contributed by atoms with Gasteiger partial charge in [0.25, 0.3) is 5.91 Å². The van der Waals surface area contributed by atoms with E-state index in [1.165, 1.54) is 0 Å². The molecule has 1 aliphatic rings. The van der Waals surface area contributed by atoms with Gasteiger partial charge in [-0.1, -0.05) is 41.9 Å². The normalized spacial score (nSPS) is 17.7. The summed E-state index contributed by atoms with van der Waals surface area (Å²) in [5.41, 5.74) is 3.64. The molecule has 1 aliphatic carbocycles. The van der Waals surface area contributed by atoms with E-state index in [0.717, 1.165) is 48.0 Å². The molecule has 0 bridgehead atoms.